The number of rotatable bonds is 4. The molecule has 2 aromatic rings. The molecule has 2 N–H and O–H groups in total. The Morgan fingerprint density at radius 1 is 1.56 bits per heavy atom. The zero-order chi connectivity index (χ0) is 11.5. The third-order valence-electron chi connectivity index (χ3n) is 2.35. The van der Waals surface area contributed by atoms with E-state index < -0.39 is 0 Å². The normalized spacial score (nSPS) is 12.9. The number of nitrogens with one attached hydrogen (secondary N) is 2. The summed E-state index contributed by atoms with van der Waals surface area (Å²) in [6.45, 7) is 2.90. The molecule has 0 aromatic carbocycles. The van der Waals surface area contributed by atoms with E-state index in [-0.39, 0.29) is 6.04 Å². The van der Waals surface area contributed by atoms with Crippen LogP contribution in [0.3, 0.4) is 0 Å². The number of nitrogens with zero attached hydrogens (tertiary/aromatic N) is 4. The molecule has 0 aliphatic carbocycles. The van der Waals surface area contributed by atoms with Crippen molar-refractivity contribution in [3.05, 3.63) is 28.3 Å². The molecule has 0 radical (unpaired) electrons. The van der Waals surface area contributed by atoms with Gasteiger partial charge in [-0.15, -0.1) is 0 Å². The summed E-state index contributed by atoms with van der Waals surface area (Å²) in [6, 6.07) is -0.00868. The minimum absolute atomic E-state index is 0.00868. The summed E-state index contributed by atoms with van der Waals surface area (Å²) >= 11 is 3.49. The molecule has 0 spiro atoms. The third-order valence-corrected chi connectivity index (χ3v) is 2.96. The summed E-state index contributed by atoms with van der Waals surface area (Å²) < 4.78 is 2.79. The van der Waals surface area contributed by atoms with Gasteiger partial charge in [0.15, 0.2) is 0 Å². The second-order valence-corrected chi connectivity index (χ2v) is 4.24. The third kappa shape index (κ3) is 2.00. The van der Waals surface area contributed by atoms with Gasteiger partial charge in [-0.3, -0.25) is 4.68 Å². The molecule has 0 bridgehead atoms. The molecular weight excluding hydrogens is 272 g/mol. The zero-order valence-corrected chi connectivity index (χ0v) is 10.7. The molecule has 1 unspecified atom stereocenters. The fraction of sp³-hybridized carbons (Fsp3) is 0.444. The lowest BCUT2D eigenvalue weighted by atomic mass is 10.1. The van der Waals surface area contributed by atoms with Gasteiger partial charge in [0.2, 0.25) is 0 Å². The van der Waals surface area contributed by atoms with Gasteiger partial charge in [-0.05, 0) is 22.5 Å². The van der Waals surface area contributed by atoms with Crippen molar-refractivity contribution in [2.45, 2.75) is 13.0 Å². The van der Waals surface area contributed by atoms with E-state index in [4.69, 9.17) is 0 Å². The minimum atomic E-state index is -0.00868. The van der Waals surface area contributed by atoms with Gasteiger partial charge < -0.3 is 5.32 Å². The van der Waals surface area contributed by atoms with E-state index in [1.165, 1.54) is 0 Å². The van der Waals surface area contributed by atoms with E-state index in [1.807, 2.05) is 11.7 Å². The lowest BCUT2D eigenvalue weighted by molar-refractivity contribution is 0.559. The molecule has 6 nitrogen and oxygen atoms in total. The predicted octanol–water partition coefficient (Wildman–Crippen LogP) is 1.000. The molecule has 0 aliphatic rings. The monoisotopic (exact) mass is 284 g/mol. The molecule has 0 saturated heterocycles. The molecule has 1 atom stereocenters. The molecule has 0 amide bonds. The smallest absolute Gasteiger partial charge is 0.106 e. The molecule has 86 valence electrons. The van der Waals surface area contributed by atoms with E-state index in [2.05, 4.69) is 48.7 Å². The van der Waals surface area contributed by atoms with E-state index in [0.717, 1.165) is 22.4 Å². The van der Waals surface area contributed by atoms with Crippen LogP contribution in [0.25, 0.3) is 0 Å². The first-order chi connectivity index (χ1) is 7.74. The molecule has 0 saturated carbocycles. The van der Waals surface area contributed by atoms with Crippen LogP contribution < -0.4 is 5.32 Å². The number of hydrogen-bond acceptors (Lipinski definition) is 4. The molecule has 7 heteroatoms. The number of aryl methyl sites for hydroxylation is 1. The Labute approximate surface area is 102 Å². The number of H-pyrrole nitrogens is 1. The van der Waals surface area contributed by atoms with Crippen LogP contribution >= 0.6 is 15.9 Å². The van der Waals surface area contributed by atoms with E-state index in [0.29, 0.717) is 0 Å². The maximum Gasteiger partial charge on any atom is 0.106 e. The summed E-state index contributed by atoms with van der Waals surface area (Å²) in [5, 5.41) is 18.1. The van der Waals surface area contributed by atoms with E-state index in [1.54, 1.807) is 12.4 Å². The predicted molar refractivity (Wildman–Crippen MR) is 62.8 cm³/mol. The average Bonchev–Trinajstić information content (AvgIpc) is 2.87. The minimum Gasteiger partial charge on any atom is -0.304 e. The van der Waals surface area contributed by atoms with Crippen LogP contribution in [0.5, 0.6) is 0 Å². The number of hydrogen-bond donors (Lipinski definition) is 2. The SMILES string of the molecule is CCNC(c1cn[nH]n1)c1c(Br)cnn1C. The summed E-state index contributed by atoms with van der Waals surface area (Å²) in [7, 11) is 1.91. The number of halogens is 1. The second-order valence-electron chi connectivity index (χ2n) is 3.39. The topological polar surface area (TPSA) is 71.4 Å². The van der Waals surface area contributed by atoms with Crippen LogP contribution in [-0.2, 0) is 7.05 Å². The van der Waals surface area contributed by atoms with Crippen LogP contribution in [0.1, 0.15) is 24.4 Å². The second kappa shape index (κ2) is 4.75. The Kier molecular flexibility index (Phi) is 3.35. The largest absolute Gasteiger partial charge is 0.304 e. The Bertz CT molecular complexity index is 429. The molecule has 0 aliphatic heterocycles. The highest BCUT2D eigenvalue weighted by Crippen LogP contribution is 2.26. The first kappa shape index (κ1) is 11.3. The first-order valence-corrected chi connectivity index (χ1v) is 5.79. The molecule has 16 heavy (non-hydrogen) atoms. The van der Waals surface area contributed by atoms with Crippen molar-refractivity contribution in [2.24, 2.45) is 7.05 Å². The van der Waals surface area contributed by atoms with Crippen molar-refractivity contribution < 1.29 is 0 Å². The van der Waals surface area contributed by atoms with E-state index >= 15 is 0 Å². The number of aromatic nitrogens is 5. The van der Waals surface area contributed by atoms with Crippen LogP contribution in [0.15, 0.2) is 16.9 Å². The highest BCUT2D eigenvalue weighted by Gasteiger charge is 2.21. The van der Waals surface area contributed by atoms with Crippen LogP contribution in [0.4, 0.5) is 0 Å². The summed E-state index contributed by atoms with van der Waals surface area (Å²) in [6.07, 6.45) is 3.49. The van der Waals surface area contributed by atoms with Gasteiger partial charge in [0.1, 0.15) is 5.69 Å². The van der Waals surface area contributed by atoms with Crippen molar-refractivity contribution in [3.63, 3.8) is 0 Å². The van der Waals surface area contributed by atoms with Gasteiger partial charge in [0, 0.05) is 7.05 Å². The number of aromatic amines is 1. The maximum atomic E-state index is 4.20. The Morgan fingerprint density at radius 2 is 2.38 bits per heavy atom. The van der Waals surface area contributed by atoms with Crippen LogP contribution in [0, 0.1) is 0 Å². The van der Waals surface area contributed by atoms with Crippen molar-refractivity contribution in [2.75, 3.05) is 6.54 Å². The van der Waals surface area contributed by atoms with Crippen molar-refractivity contribution in [1.29, 1.82) is 0 Å². The summed E-state index contributed by atoms with van der Waals surface area (Å²) in [5.74, 6) is 0. The molecule has 2 rings (SSSR count). The molecular formula is C9H13BrN6. The highest BCUT2D eigenvalue weighted by atomic mass is 79.9. The first-order valence-electron chi connectivity index (χ1n) is 5.00. The molecule has 0 fully saturated rings. The van der Waals surface area contributed by atoms with Crippen molar-refractivity contribution in [3.8, 4) is 0 Å². The Hall–Kier alpha value is -1.21. The average molecular weight is 285 g/mol. The van der Waals surface area contributed by atoms with Crippen LogP contribution in [0.2, 0.25) is 0 Å². The zero-order valence-electron chi connectivity index (χ0n) is 9.11. The fourth-order valence-electron chi connectivity index (χ4n) is 1.64. The van der Waals surface area contributed by atoms with Crippen molar-refractivity contribution >= 4 is 15.9 Å². The van der Waals surface area contributed by atoms with Gasteiger partial charge in [0.05, 0.1) is 28.6 Å². The van der Waals surface area contributed by atoms with E-state index in [9.17, 15) is 0 Å². The summed E-state index contributed by atoms with van der Waals surface area (Å²) in [4.78, 5) is 0. The maximum absolute atomic E-state index is 4.20. The van der Waals surface area contributed by atoms with Gasteiger partial charge >= 0.3 is 0 Å². The fourth-order valence-corrected chi connectivity index (χ4v) is 2.22. The van der Waals surface area contributed by atoms with Gasteiger partial charge in [-0.2, -0.15) is 20.5 Å². The lowest BCUT2D eigenvalue weighted by Crippen LogP contribution is -2.25. The Balaban J connectivity index is 2.40. The lowest BCUT2D eigenvalue weighted by Gasteiger charge is -2.16. The van der Waals surface area contributed by atoms with Gasteiger partial charge in [-0.1, -0.05) is 6.92 Å². The summed E-state index contributed by atoms with van der Waals surface area (Å²) in [5.41, 5.74) is 1.89. The molecule has 2 aromatic heterocycles. The van der Waals surface area contributed by atoms with Crippen molar-refractivity contribution in [1.82, 2.24) is 30.5 Å². The van der Waals surface area contributed by atoms with Gasteiger partial charge in [0.25, 0.3) is 0 Å². The van der Waals surface area contributed by atoms with Gasteiger partial charge in [-0.25, -0.2) is 0 Å². The molecule has 2 heterocycles. The van der Waals surface area contributed by atoms with Crippen LogP contribution in [-0.4, -0.2) is 31.7 Å². The standard InChI is InChI=1S/C9H13BrN6/c1-3-11-8(7-5-12-15-14-7)9-6(10)4-13-16(9)2/h4-5,8,11H,3H2,1-2H3,(H,12,14,15). The quantitative estimate of drug-likeness (QED) is 0.879. The Morgan fingerprint density at radius 3 is 2.88 bits per heavy atom. The highest BCUT2D eigenvalue weighted by molar-refractivity contribution is 9.10.